The van der Waals surface area contributed by atoms with Crippen molar-refractivity contribution in [2.75, 3.05) is 4.90 Å². The van der Waals surface area contributed by atoms with Crippen LogP contribution in [-0.4, -0.2) is 11.0 Å². The maximum Gasteiger partial charge on any atom is 0.227 e. The Kier molecular flexibility index (Phi) is 6.52. The van der Waals surface area contributed by atoms with Gasteiger partial charge in [-0.05, 0) is 83.6 Å². The number of benzene rings is 6. The molecule has 6 aromatic carbocycles. The van der Waals surface area contributed by atoms with E-state index in [0.717, 1.165) is 51.7 Å². The lowest BCUT2D eigenvalue weighted by molar-refractivity contribution is 0.623. The second-order valence-electron chi connectivity index (χ2n) is 12.5. The molecule has 0 saturated heterocycles. The molecule has 0 aliphatic heterocycles. The van der Waals surface area contributed by atoms with Crippen LogP contribution in [-0.2, 0) is 0 Å². The summed E-state index contributed by atoms with van der Waals surface area (Å²) < 4.78 is 6.59. The largest absolute Gasteiger partial charge is 0.435 e. The van der Waals surface area contributed by atoms with Crippen molar-refractivity contribution in [3.63, 3.8) is 0 Å². The Morgan fingerprint density at radius 2 is 1.60 bits per heavy atom. The molecule has 224 valence electrons. The van der Waals surface area contributed by atoms with E-state index in [1.807, 2.05) is 0 Å². The predicted molar refractivity (Wildman–Crippen MR) is 195 cm³/mol. The fourth-order valence-corrected chi connectivity index (χ4v) is 7.08. The molecular weight excluding hydrogens is 572 g/mol. The Bertz CT molecular complexity index is 2580. The van der Waals surface area contributed by atoms with E-state index in [1.54, 1.807) is 0 Å². The Balaban J connectivity index is 1.21. The molecule has 0 bridgehead atoms. The highest BCUT2D eigenvalue weighted by atomic mass is 16.3. The van der Waals surface area contributed by atoms with E-state index < -0.39 is 0 Å². The molecule has 0 saturated carbocycles. The molecule has 2 aliphatic rings. The van der Waals surface area contributed by atoms with E-state index in [0.29, 0.717) is 5.89 Å². The maximum atomic E-state index is 6.59. The van der Waals surface area contributed by atoms with Crippen molar-refractivity contribution in [1.82, 2.24) is 4.98 Å². The predicted octanol–water partition coefficient (Wildman–Crippen LogP) is 9.75. The molecule has 1 unspecified atom stereocenters. The van der Waals surface area contributed by atoms with E-state index in [4.69, 9.17) is 9.40 Å². The lowest BCUT2D eigenvalue weighted by atomic mass is 9.90. The van der Waals surface area contributed by atoms with Gasteiger partial charge in [0.15, 0.2) is 5.58 Å². The molecule has 1 aromatic heterocycles. The molecule has 0 fully saturated rings. The number of oxazole rings is 1. The summed E-state index contributed by atoms with van der Waals surface area (Å²) in [6.45, 7) is 2.34. The third-order valence-electron chi connectivity index (χ3n) is 9.45. The number of rotatable bonds is 7. The summed E-state index contributed by atoms with van der Waals surface area (Å²) in [6.07, 6.45) is 10.6. The minimum atomic E-state index is 0.126. The van der Waals surface area contributed by atoms with Crippen LogP contribution in [0.4, 0.5) is 11.4 Å². The van der Waals surface area contributed by atoms with Gasteiger partial charge in [0, 0.05) is 38.5 Å². The molecule has 9 rings (SSSR count). The number of hydrogen-bond donors (Lipinski definition) is 0. The van der Waals surface area contributed by atoms with Crippen molar-refractivity contribution in [1.29, 1.82) is 0 Å². The summed E-state index contributed by atoms with van der Waals surface area (Å²) >= 11 is 0. The molecular formula is C44H32N2O. The maximum absolute atomic E-state index is 6.59. The zero-order valence-corrected chi connectivity index (χ0v) is 26.2. The van der Waals surface area contributed by atoms with Crippen molar-refractivity contribution < 1.29 is 4.42 Å². The summed E-state index contributed by atoms with van der Waals surface area (Å²) in [4.78, 5) is 7.61. The SMILES string of the molecule is CC(C/C(=C1/C=CC=CC1)c1ccccc1)N(c1ccc2c(c1)=C=2)c1cc2nc(-c3ccc4ccccc4c3)oc2c2ccccc12. The zero-order chi connectivity index (χ0) is 31.3. The minimum absolute atomic E-state index is 0.126. The average Bonchev–Trinajstić information content (AvgIpc) is 3.78. The Morgan fingerprint density at radius 3 is 2.43 bits per heavy atom. The van der Waals surface area contributed by atoms with Crippen molar-refractivity contribution in [2.24, 2.45) is 0 Å². The molecule has 0 spiro atoms. The van der Waals surface area contributed by atoms with E-state index in [9.17, 15) is 0 Å². The molecule has 2 aliphatic carbocycles. The summed E-state index contributed by atoms with van der Waals surface area (Å²) in [5, 5.41) is 6.95. The van der Waals surface area contributed by atoms with Crippen LogP contribution in [0.2, 0.25) is 0 Å². The van der Waals surface area contributed by atoms with Gasteiger partial charge in [0.05, 0.1) is 5.69 Å². The van der Waals surface area contributed by atoms with E-state index in [1.165, 1.54) is 37.9 Å². The number of aromatic nitrogens is 1. The topological polar surface area (TPSA) is 29.3 Å². The van der Waals surface area contributed by atoms with E-state index >= 15 is 0 Å². The third kappa shape index (κ3) is 4.98. The minimum Gasteiger partial charge on any atom is -0.435 e. The van der Waals surface area contributed by atoms with Gasteiger partial charge in [-0.2, -0.15) is 0 Å². The molecule has 3 heteroatoms. The molecule has 0 radical (unpaired) electrons. The highest BCUT2D eigenvalue weighted by molar-refractivity contribution is 6.11. The van der Waals surface area contributed by atoms with Gasteiger partial charge >= 0.3 is 0 Å². The smallest absolute Gasteiger partial charge is 0.227 e. The number of hydrogen-bond acceptors (Lipinski definition) is 3. The van der Waals surface area contributed by atoms with Gasteiger partial charge < -0.3 is 9.32 Å². The fourth-order valence-electron chi connectivity index (χ4n) is 7.08. The summed E-state index contributed by atoms with van der Waals surface area (Å²) in [6, 6.07) is 43.2. The first-order valence-electron chi connectivity index (χ1n) is 16.3. The van der Waals surface area contributed by atoms with Crippen molar-refractivity contribution >= 4 is 55.3 Å². The van der Waals surface area contributed by atoms with Gasteiger partial charge in [-0.1, -0.05) is 109 Å². The Hall–Kier alpha value is -5.89. The lowest BCUT2D eigenvalue weighted by Gasteiger charge is -2.33. The van der Waals surface area contributed by atoms with E-state index in [-0.39, 0.29) is 6.04 Å². The zero-order valence-electron chi connectivity index (χ0n) is 26.2. The second-order valence-corrected chi connectivity index (χ2v) is 12.5. The molecule has 1 heterocycles. The Morgan fingerprint density at radius 1 is 0.787 bits per heavy atom. The van der Waals surface area contributed by atoms with Crippen LogP contribution in [0.3, 0.4) is 0 Å². The average molecular weight is 605 g/mol. The van der Waals surface area contributed by atoms with Gasteiger partial charge in [0.1, 0.15) is 5.52 Å². The van der Waals surface area contributed by atoms with Gasteiger partial charge in [0.2, 0.25) is 5.89 Å². The second kappa shape index (κ2) is 11.2. The van der Waals surface area contributed by atoms with Crippen LogP contribution in [0.1, 0.15) is 25.3 Å². The van der Waals surface area contributed by atoms with Crippen molar-refractivity contribution in [3.8, 4) is 11.5 Å². The quantitative estimate of drug-likeness (QED) is 0.181. The van der Waals surface area contributed by atoms with E-state index in [2.05, 4.69) is 163 Å². The summed E-state index contributed by atoms with van der Waals surface area (Å²) in [5.41, 5.74) is 12.3. The first kappa shape index (κ1) is 27.4. The highest BCUT2D eigenvalue weighted by Gasteiger charge is 2.25. The highest BCUT2D eigenvalue weighted by Crippen LogP contribution is 2.41. The normalized spacial score (nSPS) is 14.9. The molecule has 3 nitrogen and oxygen atoms in total. The van der Waals surface area contributed by atoms with Crippen LogP contribution < -0.4 is 15.3 Å². The number of fused-ring (bicyclic) bond motifs is 5. The first-order chi connectivity index (χ1) is 23.2. The summed E-state index contributed by atoms with van der Waals surface area (Å²) in [7, 11) is 0. The van der Waals surface area contributed by atoms with Crippen LogP contribution >= 0.6 is 0 Å². The molecule has 0 N–H and O–H groups in total. The molecule has 1 atom stereocenters. The van der Waals surface area contributed by atoms with Gasteiger partial charge in [-0.3, -0.25) is 0 Å². The van der Waals surface area contributed by atoms with Gasteiger partial charge in [0.25, 0.3) is 0 Å². The van der Waals surface area contributed by atoms with Crippen LogP contribution in [0.15, 0.2) is 156 Å². The van der Waals surface area contributed by atoms with Crippen molar-refractivity contribution in [3.05, 3.63) is 167 Å². The van der Waals surface area contributed by atoms with Crippen LogP contribution in [0.25, 0.3) is 55.4 Å². The third-order valence-corrected chi connectivity index (χ3v) is 9.45. The molecule has 7 aromatic rings. The number of nitrogens with zero attached hydrogens (tertiary/aromatic N) is 2. The number of anilines is 2. The number of allylic oxidation sites excluding steroid dienone is 5. The first-order valence-corrected chi connectivity index (χ1v) is 16.3. The molecule has 0 amide bonds. The summed E-state index contributed by atoms with van der Waals surface area (Å²) in [5.74, 6) is 0.634. The standard InChI is InChI=1S/C44H32N2O/c1-29(24-40(31-13-4-2-5-14-31)32-15-6-3-7-16-32)46(37-23-22-34-26-36(34)27-37)42-28-41-43(39-19-11-10-18-38(39)42)47-44(45-41)35-21-20-30-12-8-9-17-33(30)25-35/h2-15,17-23,25,27-29H,16,24H2,1H3/b40-32+. The lowest BCUT2D eigenvalue weighted by Crippen LogP contribution is -2.30. The van der Waals surface area contributed by atoms with Crippen LogP contribution in [0.5, 0.6) is 0 Å². The van der Waals surface area contributed by atoms with Crippen LogP contribution in [0, 0.1) is 0 Å². The Labute approximate surface area is 273 Å². The van der Waals surface area contributed by atoms with Gasteiger partial charge in [-0.15, -0.1) is 5.73 Å². The molecule has 47 heavy (non-hydrogen) atoms. The monoisotopic (exact) mass is 604 g/mol. The van der Waals surface area contributed by atoms with Gasteiger partial charge in [-0.25, -0.2) is 4.98 Å². The fraction of sp³-hybridized carbons (Fsp3) is 0.0909. The van der Waals surface area contributed by atoms with Crippen molar-refractivity contribution in [2.45, 2.75) is 25.8 Å².